The Morgan fingerprint density at radius 2 is 2.06 bits per heavy atom. The molecule has 3 heteroatoms. The average Bonchev–Trinajstić information content (AvgIpc) is 2.31. The first-order valence-electron chi connectivity index (χ1n) is 6.40. The van der Waals surface area contributed by atoms with Crippen LogP contribution < -0.4 is 10.6 Å². The first kappa shape index (κ1) is 14.3. The molecular weight excluding hydrogens is 232 g/mol. The number of benzene rings is 1. The molecule has 1 rings (SSSR count). The number of halogens is 1. The molecule has 0 fully saturated rings. The number of rotatable bonds is 6. The molecule has 0 bridgehead atoms. The minimum Gasteiger partial charge on any atom is -0.371 e. The van der Waals surface area contributed by atoms with Crippen molar-refractivity contribution in [1.29, 1.82) is 0 Å². The lowest BCUT2D eigenvalue weighted by Gasteiger charge is -2.24. The third-order valence-electron chi connectivity index (χ3n) is 3.00. The maximum atomic E-state index is 6.33. The largest absolute Gasteiger partial charge is 0.371 e. The van der Waals surface area contributed by atoms with Crippen molar-refractivity contribution in [2.45, 2.75) is 39.7 Å². The molecule has 0 amide bonds. The van der Waals surface area contributed by atoms with Crippen LogP contribution in [0.2, 0.25) is 5.02 Å². The van der Waals surface area contributed by atoms with Crippen LogP contribution in [0.3, 0.4) is 0 Å². The van der Waals surface area contributed by atoms with Crippen molar-refractivity contribution in [1.82, 2.24) is 0 Å². The lowest BCUT2D eigenvalue weighted by molar-refractivity contribution is 0.731. The lowest BCUT2D eigenvalue weighted by Crippen LogP contribution is -2.24. The molecule has 0 aliphatic heterocycles. The topological polar surface area (TPSA) is 29.3 Å². The van der Waals surface area contributed by atoms with E-state index in [9.17, 15) is 0 Å². The summed E-state index contributed by atoms with van der Waals surface area (Å²) < 4.78 is 0. The van der Waals surface area contributed by atoms with Crippen LogP contribution in [0.15, 0.2) is 18.2 Å². The van der Waals surface area contributed by atoms with Gasteiger partial charge in [0.1, 0.15) is 0 Å². The minimum atomic E-state index is 0.0345. The summed E-state index contributed by atoms with van der Waals surface area (Å²) in [6.07, 6.45) is 2.39. The van der Waals surface area contributed by atoms with E-state index in [-0.39, 0.29) is 6.04 Å². The van der Waals surface area contributed by atoms with E-state index in [1.54, 1.807) is 0 Å². The second-order valence-electron chi connectivity index (χ2n) is 4.43. The van der Waals surface area contributed by atoms with Crippen molar-refractivity contribution in [3.63, 3.8) is 0 Å². The van der Waals surface area contributed by atoms with Crippen LogP contribution >= 0.6 is 11.6 Å². The van der Waals surface area contributed by atoms with Crippen molar-refractivity contribution in [3.05, 3.63) is 28.8 Å². The van der Waals surface area contributed by atoms with E-state index < -0.39 is 0 Å². The normalized spacial score (nSPS) is 12.5. The van der Waals surface area contributed by atoms with E-state index in [0.29, 0.717) is 0 Å². The first-order chi connectivity index (χ1) is 8.10. The molecule has 1 aromatic carbocycles. The van der Waals surface area contributed by atoms with Crippen molar-refractivity contribution >= 4 is 17.3 Å². The monoisotopic (exact) mass is 254 g/mol. The molecule has 0 unspecified atom stereocenters. The maximum absolute atomic E-state index is 6.33. The highest BCUT2D eigenvalue weighted by molar-refractivity contribution is 6.33. The molecule has 1 aromatic rings. The molecule has 17 heavy (non-hydrogen) atoms. The van der Waals surface area contributed by atoms with Gasteiger partial charge in [-0.1, -0.05) is 31.0 Å². The van der Waals surface area contributed by atoms with Gasteiger partial charge < -0.3 is 10.6 Å². The summed E-state index contributed by atoms with van der Waals surface area (Å²) in [5, 5.41) is 0.803. The zero-order valence-electron chi connectivity index (χ0n) is 11.0. The van der Waals surface area contributed by atoms with E-state index in [2.05, 4.69) is 30.9 Å². The maximum Gasteiger partial charge on any atom is 0.0642 e. The molecule has 0 saturated heterocycles. The summed E-state index contributed by atoms with van der Waals surface area (Å²) in [5.74, 6) is 0. The van der Waals surface area contributed by atoms with Gasteiger partial charge >= 0.3 is 0 Å². The summed E-state index contributed by atoms with van der Waals surface area (Å²) in [7, 11) is 0. The van der Waals surface area contributed by atoms with Crippen molar-refractivity contribution in [3.8, 4) is 0 Å². The Hall–Kier alpha value is -0.730. The second kappa shape index (κ2) is 6.87. The lowest BCUT2D eigenvalue weighted by atomic mass is 10.1. The van der Waals surface area contributed by atoms with Crippen LogP contribution in [0.25, 0.3) is 0 Å². The molecule has 0 aliphatic carbocycles. The fourth-order valence-corrected chi connectivity index (χ4v) is 2.17. The van der Waals surface area contributed by atoms with Gasteiger partial charge in [0.15, 0.2) is 0 Å². The summed E-state index contributed by atoms with van der Waals surface area (Å²) in [4.78, 5) is 2.32. The average molecular weight is 255 g/mol. The number of hydrogen-bond donors (Lipinski definition) is 1. The van der Waals surface area contributed by atoms with Crippen LogP contribution in [-0.2, 0) is 0 Å². The number of hydrogen-bond acceptors (Lipinski definition) is 2. The summed E-state index contributed by atoms with van der Waals surface area (Å²) in [5.41, 5.74) is 8.06. The first-order valence-corrected chi connectivity index (χ1v) is 6.77. The molecule has 0 aromatic heterocycles. The highest BCUT2D eigenvalue weighted by Gasteiger charge is 2.10. The molecule has 96 valence electrons. The third-order valence-corrected chi connectivity index (χ3v) is 3.30. The zero-order chi connectivity index (χ0) is 12.8. The van der Waals surface area contributed by atoms with E-state index in [0.717, 1.165) is 29.4 Å². The second-order valence-corrected chi connectivity index (χ2v) is 4.84. The van der Waals surface area contributed by atoms with Gasteiger partial charge in [-0.15, -0.1) is 0 Å². The van der Waals surface area contributed by atoms with Crippen LogP contribution in [0.5, 0.6) is 0 Å². The summed E-state index contributed by atoms with van der Waals surface area (Å²) in [6.45, 7) is 8.38. The standard InChI is InChI=1S/C14H23ClN2/c1-4-6-9-17(5-2)14-8-7-12(11(3)16)10-13(14)15/h7-8,10-11H,4-6,9,16H2,1-3H3/t11-/m0/s1. The van der Waals surface area contributed by atoms with Gasteiger partial charge in [0.05, 0.1) is 10.7 Å². The Balaban J connectivity index is 2.88. The molecule has 2 nitrogen and oxygen atoms in total. The van der Waals surface area contributed by atoms with Crippen LogP contribution in [0.4, 0.5) is 5.69 Å². The van der Waals surface area contributed by atoms with Gasteiger partial charge in [0.2, 0.25) is 0 Å². The van der Waals surface area contributed by atoms with Gasteiger partial charge in [-0.25, -0.2) is 0 Å². The van der Waals surface area contributed by atoms with Crippen molar-refractivity contribution in [2.75, 3.05) is 18.0 Å². The van der Waals surface area contributed by atoms with Crippen molar-refractivity contribution < 1.29 is 0 Å². The Labute approximate surface area is 110 Å². The van der Waals surface area contributed by atoms with Crippen LogP contribution in [-0.4, -0.2) is 13.1 Å². The van der Waals surface area contributed by atoms with Crippen LogP contribution in [0.1, 0.15) is 45.2 Å². The van der Waals surface area contributed by atoms with Gasteiger partial charge in [-0.05, 0) is 38.0 Å². The smallest absolute Gasteiger partial charge is 0.0642 e. The Morgan fingerprint density at radius 3 is 2.53 bits per heavy atom. The number of nitrogens with two attached hydrogens (primary N) is 1. The molecule has 0 heterocycles. The molecule has 0 aliphatic rings. The predicted octanol–water partition coefficient (Wildman–Crippen LogP) is 3.99. The quantitative estimate of drug-likeness (QED) is 0.832. The number of nitrogens with zero attached hydrogens (tertiary/aromatic N) is 1. The SMILES string of the molecule is CCCCN(CC)c1ccc([C@H](C)N)cc1Cl. The van der Waals surface area contributed by atoms with Gasteiger partial charge in [0, 0.05) is 19.1 Å². The fraction of sp³-hybridized carbons (Fsp3) is 0.571. The van der Waals surface area contributed by atoms with Gasteiger partial charge in [-0.2, -0.15) is 0 Å². The minimum absolute atomic E-state index is 0.0345. The van der Waals surface area contributed by atoms with E-state index in [4.69, 9.17) is 17.3 Å². The molecule has 0 saturated carbocycles. The molecule has 1 atom stereocenters. The van der Waals surface area contributed by atoms with E-state index in [1.807, 2.05) is 13.0 Å². The Morgan fingerprint density at radius 1 is 1.35 bits per heavy atom. The molecule has 0 radical (unpaired) electrons. The Kier molecular flexibility index (Phi) is 5.79. The van der Waals surface area contributed by atoms with Crippen LogP contribution in [0, 0.1) is 0 Å². The molecule has 2 N–H and O–H groups in total. The molecule has 0 spiro atoms. The highest BCUT2D eigenvalue weighted by atomic mass is 35.5. The third kappa shape index (κ3) is 3.90. The van der Waals surface area contributed by atoms with Crippen molar-refractivity contribution in [2.24, 2.45) is 5.73 Å². The molecular formula is C14H23ClN2. The summed E-state index contributed by atoms with van der Waals surface area (Å²) in [6, 6.07) is 6.17. The fourth-order valence-electron chi connectivity index (χ4n) is 1.86. The van der Waals surface area contributed by atoms with Gasteiger partial charge in [-0.3, -0.25) is 0 Å². The summed E-state index contributed by atoms with van der Waals surface area (Å²) >= 11 is 6.33. The highest BCUT2D eigenvalue weighted by Crippen LogP contribution is 2.28. The van der Waals surface area contributed by atoms with E-state index >= 15 is 0 Å². The zero-order valence-corrected chi connectivity index (χ0v) is 11.8. The van der Waals surface area contributed by atoms with E-state index in [1.165, 1.54) is 12.8 Å². The number of anilines is 1. The van der Waals surface area contributed by atoms with Gasteiger partial charge in [0.25, 0.3) is 0 Å². The number of unbranched alkanes of at least 4 members (excludes halogenated alkanes) is 1. The Bertz CT molecular complexity index is 350. The predicted molar refractivity (Wildman–Crippen MR) is 76.8 cm³/mol.